The van der Waals surface area contributed by atoms with Gasteiger partial charge in [-0.05, 0) is 95.3 Å². The van der Waals surface area contributed by atoms with Crippen molar-refractivity contribution in [2.45, 2.75) is 80.8 Å². The molecule has 3 aliphatic rings. The minimum Gasteiger partial charge on any atom is -0.398 e. The van der Waals surface area contributed by atoms with E-state index in [1.54, 1.807) is 11.8 Å². The van der Waals surface area contributed by atoms with Crippen LogP contribution in [-0.4, -0.2) is 55.7 Å². The Labute approximate surface area is 238 Å². The van der Waals surface area contributed by atoms with E-state index in [1.165, 1.54) is 12.0 Å². The first-order valence-electron chi connectivity index (χ1n) is 14.3. The molecule has 1 unspecified atom stereocenters. The van der Waals surface area contributed by atoms with Gasteiger partial charge in [-0.25, -0.2) is 14.6 Å². The third kappa shape index (κ3) is 3.63. The topological polar surface area (TPSA) is 123 Å². The number of thioether (sulfide) groups is 1. The first-order valence-corrected chi connectivity index (χ1v) is 15.5. The summed E-state index contributed by atoms with van der Waals surface area (Å²) in [6.07, 6.45) is 11.9. The second-order valence-corrected chi connectivity index (χ2v) is 12.4. The molecule has 1 aromatic carbocycles. The molecule has 2 aliphatic carbocycles. The third-order valence-corrected chi connectivity index (χ3v) is 10.3. The van der Waals surface area contributed by atoms with Crippen molar-refractivity contribution in [3.05, 3.63) is 46.3 Å². The monoisotopic (exact) mass is 554 g/mol. The first-order chi connectivity index (χ1) is 19.5. The second kappa shape index (κ2) is 9.60. The summed E-state index contributed by atoms with van der Waals surface area (Å²) in [5, 5.41) is 21.4. The SMILES string of the molecule is CSc1nc(-c2noc3c2CCCC32CCCc3ccc(N)c(C#N)c32)nc2c1cnn2[C@@H](C)[C@@H]1CCCN1C. The lowest BCUT2D eigenvalue weighted by Gasteiger charge is -2.41. The molecule has 9 nitrogen and oxygen atoms in total. The molecule has 10 heteroatoms. The minimum atomic E-state index is -0.400. The normalized spacial score (nSPS) is 23.3. The highest BCUT2D eigenvalue weighted by Crippen LogP contribution is 2.53. The van der Waals surface area contributed by atoms with Crippen LogP contribution in [0.25, 0.3) is 22.6 Å². The zero-order chi connectivity index (χ0) is 27.6. The molecule has 1 spiro atoms. The fraction of sp³-hybridized carbons (Fsp3) is 0.500. The fourth-order valence-corrected chi connectivity index (χ4v) is 8.20. The maximum atomic E-state index is 10.1. The zero-order valence-electron chi connectivity index (χ0n) is 23.3. The van der Waals surface area contributed by atoms with Gasteiger partial charge in [-0.1, -0.05) is 11.2 Å². The molecule has 3 atom stereocenters. The maximum absolute atomic E-state index is 10.1. The van der Waals surface area contributed by atoms with Crippen LogP contribution in [0, 0.1) is 11.3 Å². The smallest absolute Gasteiger partial charge is 0.185 e. The van der Waals surface area contributed by atoms with Gasteiger partial charge in [0.15, 0.2) is 22.9 Å². The van der Waals surface area contributed by atoms with Crippen molar-refractivity contribution in [2.75, 3.05) is 25.6 Å². The van der Waals surface area contributed by atoms with E-state index >= 15 is 0 Å². The van der Waals surface area contributed by atoms with Gasteiger partial charge >= 0.3 is 0 Å². The van der Waals surface area contributed by atoms with E-state index < -0.39 is 5.41 Å². The van der Waals surface area contributed by atoms with E-state index in [2.05, 4.69) is 40.8 Å². The molecule has 3 aromatic heterocycles. The average Bonchev–Trinajstić information content (AvgIpc) is 3.71. The minimum absolute atomic E-state index is 0.186. The summed E-state index contributed by atoms with van der Waals surface area (Å²) in [7, 11) is 2.19. The van der Waals surface area contributed by atoms with Crippen molar-refractivity contribution in [1.29, 1.82) is 5.26 Å². The molecule has 4 heterocycles. The summed E-state index contributed by atoms with van der Waals surface area (Å²) in [6, 6.07) is 6.98. The lowest BCUT2D eigenvalue weighted by Crippen LogP contribution is -2.36. The summed E-state index contributed by atoms with van der Waals surface area (Å²) in [6.45, 7) is 3.35. The van der Waals surface area contributed by atoms with E-state index in [0.717, 1.165) is 84.4 Å². The van der Waals surface area contributed by atoms with Gasteiger partial charge in [0.2, 0.25) is 0 Å². The molecule has 1 saturated heterocycles. The Morgan fingerprint density at radius 3 is 2.77 bits per heavy atom. The molecule has 0 amide bonds. The molecule has 2 N–H and O–H groups in total. The molecule has 1 aliphatic heterocycles. The Bertz CT molecular complexity index is 1660. The van der Waals surface area contributed by atoms with Gasteiger partial charge < -0.3 is 15.2 Å². The number of nitrogens with zero attached hydrogens (tertiary/aromatic N) is 7. The summed E-state index contributed by atoms with van der Waals surface area (Å²) in [5.41, 5.74) is 11.9. The molecule has 40 heavy (non-hydrogen) atoms. The standard InChI is InChI=1S/C30H34N8OS/c1-17(23-9-6-14-37(23)2)38-28-21(16-33-38)29(40-3)35-27(34-28)25-19-8-5-13-30(26(19)39-36-25)12-4-7-18-10-11-22(32)20(15-31)24(18)30/h10-11,16-17,23H,4-9,12-14,32H2,1-3H3/t17-,23-,30?/m0/s1. The number of nitrogens with two attached hydrogens (primary N) is 1. The number of aryl methyl sites for hydroxylation is 1. The molecule has 0 radical (unpaired) electrons. The quantitative estimate of drug-likeness (QED) is 0.204. The van der Waals surface area contributed by atoms with E-state index in [-0.39, 0.29) is 6.04 Å². The van der Waals surface area contributed by atoms with Gasteiger partial charge in [-0.15, -0.1) is 11.8 Å². The Balaban J connectivity index is 1.38. The van der Waals surface area contributed by atoms with Crippen LogP contribution in [0.3, 0.4) is 0 Å². The maximum Gasteiger partial charge on any atom is 0.185 e. The van der Waals surface area contributed by atoms with E-state index in [4.69, 9.17) is 25.3 Å². The lowest BCUT2D eigenvalue weighted by atomic mass is 9.61. The Morgan fingerprint density at radius 1 is 1.20 bits per heavy atom. The second-order valence-electron chi connectivity index (χ2n) is 11.6. The number of likely N-dealkylation sites (N-methyl/N-ethyl adjacent to an activating group) is 1. The predicted octanol–water partition coefficient (Wildman–Crippen LogP) is 5.27. The third-order valence-electron chi connectivity index (χ3n) is 9.56. The molecule has 0 saturated carbocycles. The predicted molar refractivity (Wildman–Crippen MR) is 155 cm³/mol. The number of nitrogen functional groups attached to an aromatic ring is 1. The van der Waals surface area contributed by atoms with Crippen LogP contribution in [0.5, 0.6) is 0 Å². The van der Waals surface area contributed by atoms with Crippen LogP contribution in [0.2, 0.25) is 0 Å². The number of aromatic nitrogens is 5. The molecular formula is C30H34N8OS. The number of hydrogen-bond acceptors (Lipinski definition) is 9. The summed E-state index contributed by atoms with van der Waals surface area (Å²) >= 11 is 1.60. The van der Waals surface area contributed by atoms with Gasteiger partial charge in [0.25, 0.3) is 0 Å². The Kier molecular flexibility index (Phi) is 6.13. The van der Waals surface area contributed by atoms with Gasteiger partial charge in [0.05, 0.1) is 28.6 Å². The summed E-state index contributed by atoms with van der Waals surface area (Å²) in [5.74, 6) is 1.44. The van der Waals surface area contributed by atoms with Crippen LogP contribution in [0.15, 0.2) is 27.9 Å². The molecular weight excluding hydrogens is 520 g/mol. The van der Waals surface area contributed by atoms with Crippen LogP contribution < -0.4 is 5.73 Å². The van der Waals surface area contributed by atoms with Crippen LogP contribution in [0.4, 0.5) is 5.69 Å². The van der Waals surface area contributed by atoms with Gasteiger partial charge in [0.1, 0.15) is 11.1 Å². The van der Waals surface area contributed by atoms with Gasteiger partial charge in [-0.2, -0.15) is 10.4 Å². The van der Waals surface area contributed by atoms with E-state index in [0.29, 0.717) is 28.8 Å². The first kappa shape index (κ1) is 25.5. The van der Waals surface area contributed by atoms with E-state index in [1.807, 2.05) is 18.5 Å². The lowest BCUT2D eigenvalue weighted by molar-refractivity contribution is 0.232. The molecule has 1 fully saturated rings. The molecule has 0 bridgehead atoms. The number of likely N-dealkylation sites (tertiary alicyclic amines) is 1. The van der Waals surface area contributed by atoms with Crippen LogP contribution >= 0.6 is 11.8 Å². The highest BCUT2D eigenvalue weighted by molar-refractivity contribution is 7.98. The van der Waals surface area contributed by atoms with Crippen molar-refractivity contribution < 1.29 is 4.52 Å². The zero-order valence-corrected chi connectivity index (χ0v) is 24.1. The van der Waals surface area contributed by atoms with E-state index in [9.17, 15) is 5.26 Å². The van der Waals surface area contributed by atoms with Crippen LogP contribution in [0.1, 0.15) is 79.5 Å². The summed E-state index contributed by atoms with van der Waals surface area (Å²) < 4.78 is 8.32. The Hall–Kier alpha value is -3.42. The van der Waals surface area contributed by atoms with Crippen molar-refractivity contribution >= 4 is 28.5 Å². The largest absolute Gasteiger partial charge is 0.398 e. The number of hydrogen-bond donors (Lipinski definition) is 1. The highest BCUT2D eigenvalue weighted by atomic mass is 32.2. The van der Waals surface area contributed by atoms with Crippen molar-refractivity contribution in [1.82, 2.24) is 29.8 Å². The number of fused-ring (bicyclic) bond motifs is 5. The number of nitriles is 1. The molecule has 206 valence electrons. The Morgan fingerprint density at radius 2 is 2.02 bits per heavy atom. The van der Waals surface area contributed by atoms with Crippen molar-refractivity contribution in [2.24, 2.45) is 0 Å². The average molecular weight is 555 g/mol. The fourth-order valence-electron chi connectivity index (χ4n) is 7.66. The van der Waals surface area contributed by atoms with Gasteiger partial charge in [-0.3, -0.25) is 0 Å². The number of rotatable bonds is 4. The molecule has 4 aromatic rings. The van der Waals surface area contributed by atoms with Crippen molar-refractivity contribution in [3.63, 3.8) is 0 Å². The number of benzene rings is 1. The summed E-state index contributed by atoms with van der Waals surface area (Å²) in [4.78, 5) is 12.5. The van der Waals surface area contributed by atoms with Crippen LogP contribution in [-0.2, 0) is 18.3 Å². The van der Waals surface area contributed by atoms with Gasteiger partial charge in [0, 0.05) is 17.3 Å². The van der Waals surface area contributed by atoms with Crippen molar-refractivity contribution in [3.8, 4) is 17.6 Å². The highest BCUT2D eigenvalue weighted by Gasteiger charge is 2.48. The molecule has 7 rings (SSSR count). The number of anilines is 1.